The Morgan fingerprint density at radius 1 is 1.11 bits per heavy atom. The van der Waals surface area contributed by atoms with E-state index in [1.807, 2.05) is 33.0 Å². The van der Waals surface area contributed by atoms with E-state index < -0.39 is 0 Å². The number of hydrogen-bond donors (Lipinski definition) is 0. The van der Waals surface area contributed by atoms with Crippen molar-refractivity contribution in [3.05, 3.63) is 47.9 Å². The molecule has 1 aliphatic rings. The fourth-order valence-corrected chi connectivity index (χ4v) is 5.04. The Balaban J connectivity index is 0.00000141. The van der Waals surface area contributed by atoms with Crippen LogP contribution < -0.4 is 4.74 Å². The summed E-state index contributed by atoms with van der Waals surface area (Å²) in [4.78, 5) is 11.6. The Morgan fingerprint density at radius 2 is 1.91 bits per heavy atom. The van der Waals surface area contributed by atoms with Gasteiger partial charge in [-0.2, -0.15) is 0 Å². The molecular weight excluding hydrogens is 555 g/mol. The van der Waals surface area contributed by atoms with E-state index in [0.29, 0.717) is 6.61 Å². The topological polar surface area (TPSA) is 77.7 Å². The molecule has 8 nitrogen and oxygen atoms in total. The molecule has 186 valence electrons. The van der Waals surface area contributed by atoms with Gasteiger partial charge in [0.15, 0.2) is 11.5 Å². The zero-order valence-electron chi connectivity index (χ0n) is 20.9. The molecule has 0 amide bonds. The molecule has 1 atom stereocenters. The first-order valence-electron chi connectivity index (χ1n) is 12.3. The van der Waals surface area contributed by atoms with E-state index in [0.717, 1.165) is 78.7 Å². The zero-order chi connectivity index (χ0) is 24.8. The van der Waals surface area contributed by atoms with Crippen LogP contribution in [0.4, 0.5) is 0 Å². The van der Waals surface area contributed by atoms with Crippen molar-refractivity contribution < 1.29 is 9.47 Å². The molecule has 0 bridgehead atoms. The van der Waals surface area contributed by atoms with E-state index >= 15 is 0 Å². The van der Waals surface area contributed by atoms with Gasteiger partial charge in [-0.1, -0.05) is 55.8 Å². The number of rotatable bonds is 7. The van der Waals surface area contributed by atoms with Crippen molar-refractivity contribution in [3.63, 3.8) is 0 Å². The molecule has 1 aliphatic heterocycles. The first-order valence-corrected chi connectivity index (χ1v) is 13.6. The second-order valence-corrected chi connectivity index (χ2v) is 9.40. The number of hydrogen-bond acceptors (Lipinski definition) is 7. The smallest absolute Gasteiger partial charge is 0.183 e. The maximum absolute atomic E-state index is 5.88. The van der Waals surface area contributed by atoms with E-state index in [1.54, 1.807) is 6.20 Å². The predicted molar refractivity (Wildman–Crippen MR) is 147 cm³/mol. The molecule has 1 unspecified atom stereocenters. The third kappa shape index (κ3) is 5.57. The summed E-state index contributed by atoms with van der Waals surface area (Å²) in [5, 5.41) is 8.99. The van der Waals surface area contributed by atoms with Crippen LogP contribution in [0.25, 0.3) is 28.1 Å². The molecule has 35 heavy (non-hydrogen) atoms. The number of halogens is 1. The van der Waals surface area contributed by atoms with Gasteiger partial charge in [0.1, 0.15) is 5.75 Å². The van der Waals surface area contributed by atoms with Crippen molar-refractivity contribution in [2.24, 2.45) is 0 Å². The lowest BCUT2D eigenvalue weighted by atomic mass is 10.1. The van der Waals surface area contributed by atoms with Crippen molar-refractivity contribution in [2.45, 2.75) is 44.6 Å². The maximum atomic E-state index is 5.88. The van der Waals surface area contributed by atoms with Gasteiger partial charge in [-0.05, 0) is 37.1 Å². The van der Waals surface area contributed by atoms with E-state index in [9.17, 15) is 0 Å². The molecule has 0 spiro atoms. The molecule has 0 N–H and O–H groups in total. The number of nitrogens with zero attached hydrogens (tertiary/aromatic N) is 6. The fraction of sp³-hybridized carbons (Fsp3) is 0.462. The molecule has 3 aromatic heterocycles. The molecule has 4 heterocycles. The number of fused-ring (bicyclic) bond motifs is 3. The lowest BCUT2D eigenvalue weighted by Gasteiger charge is -2.31. The van der Waals surface area contributed by atoms with Crippen LogP contribution in [-0.4, -0.2) is 62.4 Å². The van der Waals surface area contributed by atoms with Crippen LogP contribution in [0.15, 0.2) is 36.7 Å². The number of aromatic nitrogens is 5. The van der Waals surface area contributed by atoms with Crippen LogP contribution >= 0.6 is 22.6 Å². The Labute approximate surface area is 220 Å². The highest BCUT2D eigenvalue weighted by Crippen LogP contribution is 2.32. The van der Waals surface area contributed by atoms with Crippen LogP contribution in [0.2, 0.25) is 0 Å². The predicted octanol–water partition coefficient (Wildman–Crippen LogP) is 5.62. The van der Waals surface area contributed by atoms with Crippen molar-refractivity contribution in [1.29, 1.82) is 0 Å². The lowest BCUT2D eigenvalue weighted by molar-refractivity contribution is 0.0350. The maximum Gasteiger partial charge on any atom is 0.183 e. The summed E-state index contributed by atoms with van der Waals surface area (Å²) in [6, 6.07) is 8.46. The molecule has 1 fully saturated rings. The highest BCUT2D eigenvalue weighted by atomic mass is 127. The minimum Gasteiger partial charge on any atom is -0.492 e. The number of pyridine rings is 1. The summed E-state index contributed by atoms with van der Waals surface area (Å²) >= 11 is 2.51. The minimum absolute atomic E-state index is 0.254. The molecule has 0 radical (unpaired) electrons. The molecule has 0 saturated carbocycles. The largest absolute Gasteiger partial charge is 0.492 e. The zero-order valence-corrected chi connectivity index (χ0v) is 23.0. The van der Waals surface area contributed by atoms with E-state index in [1.165, 1.54) is 5.56 Å². The standard InChI is InChI=1S/C24H27IN6O2.C2H6/c1-3-4-9-33-19-12-18(14-26-15-19)24-29-28-23-16(2)27-20-6-5-17(13-21(20)31(23)24)22(25)30-7-10-32-11-8-30;1-2/h5-6,12-15,22H,3-4,7-11H2,1-2H3;1-2H3. The summed E-state index contributed by atoms with van der Waals surface area (Å²) in [6.45, 7) is 12.2. The normalized spacial score (nSPS) is 15.1. The summed E-state index contributed by atoms with van der Waals surface area (Å²) in [5.74, 6) is 1.48. The number of alkyl halides is 1. The number of morpholine rings is 1. The van der Waals surface area contributed by atoms with Crippen molar-refractivity contribution >= 4 is 39.3 Å². The molecule has 1 aromatic carbocycles. The first kappa shape index (κ1) is 25.7. The van der Waals surface area contributed by atoms with Crippen LogP contribution in [-0.2, 0) is 4.74 Å². The Morgan fingerprint density at radius 3 is 2.69 bits per heavy atom. The monoisotopic (exact) mass is 588 g/mol. The van der Waals surface area contributed by atoms with Gasteiger partial charge in [0, 0.05) is 24.8 Å². The summed E-state index contributed by atoms with van der Waals surface area (Å²) in [7, 11) is 0. The quantitative estimate of drug-likeness (QED) is 0.120. The molecular formula is C26H33IN6O2. The number of aryl methyl sites for hydroxylation is 1. The van der Waals surface area contributed by atoms with Gasteiger partial charge in [-0.15, -0.1) is 10.2 Å². The minimum atomic E-state index is 0.254. The lowest BCUT2D eigenvalue weighted by Crippen LogP contribution is -2.37. The number of ether oxygens (including phenoxy) is 2. The van der Waals surface area contributed by atoms with Crippen molar-refractivity contribution in [3.8, 4) is 17.1 Å². The van der Waals surface area contributed by atoms with Gasteiger partial charge < -0.3 is 9.47 Å². The van der Waals surface area contributed by atoms with Crippen LogP contribution in [0.3, 0.4) is 0 Å². The fourth-order valence-electron chi connectivity index (χ4n) is 4.10. The third-order valence-corrected chi connectivity index (χ3v) is 7.40. The molecule has 5 rings (SSSR count). The van der Waals surface area contributed by atoms with Gasteiger partial charge in [0.05, 0.1) is 46.8 Å². The average Bonchev–Trinajstić information content (AvgIpc) is 3.37. The Bertz CT molecular complexity index is 1270. The Hall–Kier alpha value is -2.37. The van der Waals surface area contributed by atoms with E-state index in [2.05, 4.69) is 72.2 Å². The van der Waals surface area contributed by atoms with Crippen LogP contribution in [0.5, 0.6) is 5.75 Å². The third-order valence-electron chi connectivity index (χ3n) is 5.89. The second kappa shape index (κ2) is 12.0. The number of benzene rings is 1. The van der Waals surface area contributed by atoms with Gasteiger partial charge in [-0.25, -0.2) is 4.98 Å². The highest BCUT2D eigenvalue weighted by Gasteiger charge is 2.22. The van der Waals surface area contributed by atoms with Crippen molar-refractivity contribution in [2.75, 3.05) is 32.9 Å². The molecule has 0 aliphatic carbocycles. The summed E-state index contributed by atoms with van der Waals surface area (Å²) in [5.41, 5.74) is 5.60. The Kier molecular flexibility index (Phi) is 8.85. The first-order chi connectivity index (χ1) is 17.2. The van der Waals surface area contributed by atoms with Gasteiger partial charge in [-0.3, -0.25) is 14.3 Å². The van der Waals surface area contributed by atoms with Crippen LogP contribution in [0.1, 0.15) is 48.9 Å². The number of unbranched alkanes of at least 4 members (excludes halogenated alkanes) is 1. The molecule has 1 saturated heterocycles. The SMILES string of the molecule is CC.CCCCOc1cncc(-c2nnc3c(C)nc4ccc(C(I)N5CCOCC5)cc4n23)c1. The van der Waals surface area contributed by atoms with E-state index in [-0.39, 0.29) is 4.05 Å². The summed E-state index contributed by atoms with van der Waals surface area (Å²) < 4.78 is 13.8. The van der Waals surface area contributed by atoms with Crippen molar-refractivity contribution in [1.82, 2.24) is 29.5 Å². The highest BCUT2D eigenvalue weighted by molar-refractivity contribution is 14.1. The average molecular weight is 588 g/mol. The van der Waals surface area contributed by atoms with Gasteiger partial charge in [0.25, 0.3) is 0 Å². The molecule has 4 aromatic rings. The van der Waals surface area contributed by atoms with Gasteiger partial charge >= 0.3 is 0 Å². The van der Waals surface area contributed by atoms with Crippen LogP contribution in [0, 0.1) is 6.92 Å². The van der Waals surface area contributed by atoms with Gasteiger partial charge in [0.2, 0.25) is 0 Å². The second-order valence-electron chi connectivity index (χ2n) is 8.22. The summed E-state index contributed by atoms with van der Waals surface area (Å²) in [6.07, 6.45) is 5.65. The molecule has 9 heteroatoms. The van der Waals surface area contributed by atoms with E-state index in [4.69, 9.17) is 14.5 Å².